The van der Waals surface area contributed by atoms with E-state index in [-0.39, 0.29) is 18.4 Å². The number of carbonyl (C=O) groups is 2. The number of halogens is 2. The first-order chi connectivity index (χ1) is 12.4. The Hall–Kier alpha value is -2.08. The molecule has 0 saturated heterocycles. The van der Waals surface area contributed by atoms with Gasteiger partial charge in [0.15, 0.2) is 0 Å². The molecule has 136 valence electrons. The number of benzene rings is 2. The van der Waals surface area contributed by atoms with Gasteiger partial charge in [-0.1, -0.05) is 47.5 Å². The van der Waals surface area contributed by atoms with E-state index in [1.54, 1.807) is 12.1 Å². The molecule has 0 radical (unpaired) electrons. The van der Waals surface area contributed by atoms with Crippen molar-refractivity contribution in [1.82, 2.24) is 4.90 Å². The second-order valence-corrected chi connectivity index (χ2v) is 7.08. The van der Waals surface area contributed by atoms with Crippen LogP contribution in [0.15, 0.2) is 42.5 Å². The molecule has 0 saturated carbocycles. The average Bonchev–Trinajstić information content (AvgIpc) is 2.63. The van der Waals surface area contributed by atoms with Gasteiger partial charge in [-0.3, -0.25) is 19.4 Å². The summed E-state index contributed by atoms with van der Waals surface area (Å²) in [5.41, 5.74) is 2.20. The SMILES string of the molecule is C[C@@H](C(=O)N1CC(=O)Nc2ccccc21)N(C)Cc1cccc(Cl)c1Cl. The molecule has 1 aliphatic rings. The minimum Gasteiger partial charge on any atom is -0.323 e. The molecular weight excluding hydrogens is 373 g/mol. The fraction of sp³-hybridized carbons (Fsp3) is 0.263. The van der Waals surface area contributed by atoms with Gasteiger partial charge >= 0.3 is 0 Å². The monoisotopic (exact) mass is 391 g/mol. The van der Waals surface area contributed by atoms with Crippen LogP contribution in [0, 0.1) is 0 Å². The zero-order valence-electron chi connectivity index (χ0n) is 14.5. The van der Waals surface area contributed by atoms with E-state index in [1.807, 2.05) is 49.2 Å². The van der Waals surface area contributed by atoms with Gasteiger partial charge in [-0.05, 0) is 37.7 Å². The highest BCUT2D eigenvalue weighted by Gasteiger charge is 2.31. The molecule has 0 aliphatic carbocycles. The van der Waals surface area contributed by atoms with Gasteiger partial charge in [0, 0.05) is 6.54 Å². The molecule has 0 bridgehead atoms. The van der Waals surface area contributed by atoms with Crippen molar-refractivity contribution in [3.05, 3.63) is 58.1 Å². The maximum Gasteiger partial charge on any atom is 0.244 e. The molecule has 0 unspecified atom stereocenters. The Morgan fingerprint density at radius 2 is 1.96 bits per heavy atom. The highest BCUT2D eigenvalue weighted by Crippen LogP contribution is 2.30. The van der Waals surface area contributed by atoms with Gasteiger partial charge in [0.1, 0.15) is 6.54 Å². The van der Waals surface area contributed by atoms with Crippen molar-refractivity contribution in [2.24, 2.45) is 0 Å². The van der Waals surface area contributed by atoms with E-state index >= 15 is 0 Å². The maximum atomic E-state index is 13.0. The van der Waals surface area contributed by atoms with Crippen LogP contribution >= 0.6 is 23.2 Å². The number of fused-ring (bicyclic) bond motifs is 1. The largest absolute Gasteiger partial charge is 0.323 e. The van der Waals surface area contributed by atoms with Crippen LogP contribution in [0.5, 0.6) is 0 Å². The van der Waals surface area contributed by atoms with Gasteiger partial charge in [0.05, 0.1) is 27.5 Å². The fourth-order valence-electron chi connectivity index (χ4n) is 2.92. The molecule has 1 aliphatic heterocycles. The number of hydrogen-bond donors (Lipinski definition) is 1. The number of anilines is 2. The third kappa shape index (κ3) is 3.70. The lowest BCUT2D eigenvalue weighted by Gasteiger charge is -2.33. The molecule has 1 heterocycles. The van der Waals surface area contributed by atoms with Crippen LogP contribution in [0.3, 0.4) is 0 Å². The molecule has 26 heavy (non-hydrogen) atoms. The smallest absolute Gasteiger partial charge is 0.244 e. The Morgan fingerprint density at radius 1 is 1.23 bits per heavy atom. The third-order valence-electron chi connectivity index (χ3n) is 4.51. The first kappa shape index (κ1) is 18.7. The molecule has 1 atom stereocenters. The molecule has 3 rings (SSSR count). The Morgan fingerprint density at radius 3 is 2.73 bits per heavy atom. The molecule has 0 aromatic heterocycles. The van der Waals surface area contributed by atoms with Gasteiger partial charge in [-0.25, -0.2) is 0 Å². The van der Waals surface area contributed by atoms with Gasteiger partial charge in [0.25, 0.3) is 0 Å². The van der Waals surface area contributed by atoms with Crippen molar-refractivity contribution >= 4 is 46.4 Å². The molecule has 2 aromatic carbocycles. The summed E-state index contributed by atoms with van der Waals surface area (Å²) in [4.78, 5) is 28.4. The van der Waals surface area contributed by atoms with Gasteiger partial charge in [-0.2, -0.15) is 0 Å². The van der Waals surface area contributed by atoms with E-state index in [0.29, 0.717) is 28.0 Å². The van der Waals surface area contributed by atoms with Crippen LogP contribution in [0.4, 0.5) is 11.4 Å². The molecular formula is C19H19Cl2N3O2. The first-order valence-corrected chi connectivity index (χ1v) is 8.97. The Bertz CT molecular complexity index is 856. The molecule has 0 spiro atoms. The molecule has 2 amide bonds. The van der Waals surface area contributed by atoms with Crippen LogP contribution in [0.2, 0.25) is 10.0 Å². The van der Waals surface area contributed by atoms with Crippen LogP contribution in [-0.2, 0) is 16.1 Å². The predicted molar refractivity (Wildman–Crippen MR) is 105 cm³/mol. The van der Waals surface area contributed by atoms with Crippen LogP contribution in [0.1, 0.15) is 12.5 Å². The second kappa shape index (κ2) is 7.66. The summed E-state index contributed by atoms with van der Waals surface area (Å²) in [6.07, 6.45) is 0. The lowest BCUT2D eigenvalue weighted by molar-refractivity contribution is -0.125. The highest BCUT2D eigenvalue weighted by molar-refractivity contribution is 6.42. The molecule has 2 aromatic rings. The maximum absolute atomic E-state index is 13.0. The fourth-order valence-corrected chi connectivity index (χ4v) is 3.30. The number of para-hydroxylation sites is 2. The third-order valence-corrected chi connectivity index (χ3v) is 5.36. The van der Waals surface area contributed by atoms with Crippen LogP contribution in [-0.4, -0.2) is 36.3 Å². The molecule has 0 fully saturated rings. The van der Waals surface area contributed by atoms with Crippen molar-refractivity contribution in [3.8, 4) is 0 Å². The Kier molecular flexibility index (Phi) is 5.51. The van der Waals surface area contributed by atoms with Crippen molar-refractivity contribution in [3.63, 3.8) is 0 Å². The van der Waals surface area contributed by atoms with Crippen molar-refractivity contribution in [1.29, 1.82) is 0 Å². The lowest BCUT2D eigenvalue weighted by Crippen LogP contribution is -2.50. The van der Waals surface area contributed by atoms with Crippen LogP contribution in [0.25, 0.3) is 0 Å². The van der Waals surface area contributed by atoms with E-state index in [4.69, 9.17) is 23.2 Å². The van der Waals surface area contributed by atoms with E-state index in [1.165, 1.54) is 4.90 Å². The summed E-state index contributed by atoms with van der Waals surface area (Å²) >= 11 is 12.3. The summed E-state index contributed by atoms with van der Waals surface area (Å²) in [6.45, 7) is 2.29. The minimum absolute atomic E-state index is 0.00590. The zero-order valence-corrected chi connectivity index (χ0v) is 16.0. The number of hydrogen-bond acceptors (Lipinski definition) is 3. The summed E-state index contributed by atoms with van der Waals surface area (Å²) in [5, 5.41) is 3.76. The average molecular weight is 392 g/mol. The minimum atomic E-state index is -0.441. The van der Waals surface area contributed by atoms with Gasteiger partial charge < -0.3 is 5.32 Å². The van der Waals surface area contributed by atoms with Crippen molar-refractivity contribution in [2.75, 3.05) is 23.8 Å². The van der Waals surface area contributed by atoms with Gasteiger partial charge in [-0.15, -0.1) is 0 Å². The summed E-state index contributed by atoms with van der Waals surface area (Å²) in [6, 6.07) is 12.3. The Balaban J connectivity index is 1.79. The standard InChI is InChI=1S/C19H19Cl2N3O2/c1-12(23(2)10-13-6-5-7-14(20)18(13)21)19(26)24-11-17(25)22-15-8-3-4-9-16(15)24/h3-9,12H,10-11H2,1-2H3,(H,22,25)/t12-/m0/s1. The number of carbonyl (C=O) groups excluding carboxylic acids is 2. The number of likely N-dealkylation sites (N-methyl/N-ethyl adjacent to an activating group) is 1. The first-order valence-electron chi connectivity index (χ1n) is 8.22. The molecule has 1 N–H and O–H groups in total. The highest BCUT2D eigenvalue weighted by atomic mass is 35.5. The predicted octanol–water partition coefficient (Wildman–Crippen LogP) is 3.80. The second-order valence-electron chi connectivity index (χ2n) is 6.29. The van der Waals surface area contributed by atoms with E-state index in [0.717, 1.165) is 5.56 Å². The summed E-state index contributed by atoms with van der Waals surface area (Å²) in [7, 11) is 1.84. The van der Waals surface area contributed by atoms with Crippen molar-refractivity contribution < 1.29 is 9.59 Å². The number of nitrogens with zero attached hydrogens (tertiary/aromatic N) is 2. The number of rotatable bonds is 4. The quantitative estimate of drug-likeness (QED) is 0.861. The van der Waals surface area contributed by atoms with Crippen LogP contribution < -0.4 is 10.2 Å². The van der Waals surface area contributed by atoms with Gasteiger partial charge in [0.2, 0.25) is 11.8 Å². The lowest BCUT2D eigenvalue weighted by atomic mass is 10.1. The summed E-state index contributed by atoms with van der Waals surface area (Å²) in [5.74, 6) is -0.349. The Labute approximate surface area is 162 Å². The topological polar surface area (TPSA) is 52.7 Å². The molecule has 7 heteroatoms. The van der Waals surface area contributed by atoms with E-state index in [2.05, 4.69) is 5.32 Å². The molecule has 5 nitrogen and oxygen atoms in total. The van der Waals surface area contributed by atoms with E-state index < -0.39 is 6.04 Å². The summed E-state index contributed by atoms with van der Waals surface area (Å²) < 4.78 is 0. The zero-order chi connectivity index (χ0) is 18.8. The normalized spacial score (nSPS) is 14.8. The number of amides is 2. The van der Waals surface area contributed by atoms with E-state index in [9.17, 15) is 9.59 Å². The number of nitrogens with one attached hydrogen (secondary N) is 1. The van der Waals surface area contributed by atoms with Crippen molar-refractivity contribution in [2.45, 2.75) is 19.5 Å².